The van der Waals surface area contributed by atoms with Gasteiger partial charge in [-0.15, -0.1) is 0 Å². The first-order chi connectivity index (χ1) is 4.72. The lowest BCUT2D eigenvalue weighted by atomic mass is 10.5. The van der Waals surface area contributed by atoms with Crippen molar-refractivity contribution in [3.05, 3.63) is 12.8 Å². The molecule has 60 valence electrons. The minimum absolute atomic E-state index is 0.241. The summed E-state index contributed by atoms with van der Waals surface area (Å²) in [6.45, 7) is 4.93. The third kappa shape index (κ3) is 15.7. The van der Waals surface area contributed by atoms with Crippen molar-refractivity contribution in [3.8, 4) is 0 Å². The first-order valence-electron chi connectivity index (χ1n) is 3.11. The molecule has 0 aromatic heterocycles. The van der Waals surface area contributed by atoms with Gasteiger partial charge in [-0.1, -0.05) is 13.5 Å². The maximum atomic E-state index is 10.1. The number of hydrogen-bond donors (Lipinski definition) is 1. The molecule has 0 saturated carbocycles. The van der Waals surface area contributed by atoms with E-state index in [-0.39, 0.29) is 5.97 Å². The van der Waals surface area contributed by atoms with Crippen molar-refractivity contribution in [3.63, 3.8) is 0 Å². The molecule has 0 unspecified atom stereocenters. The number of nitrogens with one attached hydrogen (secondary N) is 1. The zero-order chi connectivity index (χ0) is 8.41. The molecule has 0 bridgehead atoms. The Hall–Kier alpha value is -0.830. The summed E-state index contributed by atoms with van der Waals surface area (Å²) in [5.41, 5.74) is 0. The second-order valence-corrected chi connectivity index (χ2v) is 1.51. The van der Waals surface area contributed by atoms with Gasteiger partial charge in [0, 0.05) is 6.42 Å². The van der Waals surface area contributed by atoms with E-state index in [1.54, 1.807) is 6.92 Å². The smallest absolute Gasteiger partial charge is 0.310 e. The van der Waals surface area contributed by atoms with Gasteiger partial charge < -0.3 is 10.1 Å². The predicted molar refractivity (Wildman–Crippen MR) is 41.6 cm³/mol. The third-order valence-electron chi connectivity index (χ3n) is 0.503. The average molecular weight is 145 g/mol. The topological polar surface area (TPSA) is 38.3 Å². The Balaban J connectivity index is 0. The van der Waals surface area contributed by atoms with Crippen LogP contribution in [0.15, 0.2) is 12.8 Å². The molecule has 1 N–H and O–H groups in total. The molecule has 0 aliphatic rings. The lowest BCUT2D eigenvalue weighted by Crippen LogP contribution is -1.94. The monoisotopic (exact) mass is 145 g/mol. The van der Waals surface area contributed by atoms with Crippen LogP contribution in [0.25, 0.3) is 0 Å². The summed E-state index contributed by atoms with van der Waals surface area (Å²) in [4.78, 5) is 10.1. The molecule has 0 rings (SSSR count). The normalized spacial score (nSPS) is 7.10. The molecule has 3 heteroatoms. The highest BCUT2D eigenvalue weighted by Gasteiger charge is 1.89. The molecule has 0 amide bonds. The van der Waals surface area contributed by atoms with Crippen LogP contribution < -0.4 is 5.32 Å². The molecule has 0 atom stereocenters. The molecular formula is C7H15NO2. The lowest BCUT2D eigenvalue weighted by Gasteiger charge is -1.88. The molecule has 3 nitrogen and oxygen atoms in total. The highest BCUT2D eigenvalue weighted by molar-refractivity contribution is 5.69. The summed E-state index contributed by atoms with van der Waals surface area (Å²) in [6.07, 6.45) is 1.54. The van der Waals surface area contributed by atoms with Crippen molar-refractivity contribution < 1.29 is 9.53 Å². The fraction of sp³-hybridized carbons (Fsp3) is 0.571. The van der Waals surface area contributed by atoms with Crippen molar-refractivity contribution >= 4 is 5.97 Å². The van der Waals surface area contributed by atoms with Crippen molar-refractivity contribution in [2.75, 3.05) is 14.1 Å². The van der Waals surface area contributed by atoms with Gasteiger partial charge in [0.15, 0.2) is 0 Å². The molecule has 0 aromatic rings. The van der Waals surface area contributed by atoms with Crippen LogP contribution in [0.5, 0.6) is 0 Å². The Kier molecular flexibility index (Phi) is 13.1. The highest BCUT2D eigenvalue weighted by atomic mass is 16.5. The number of hydrogen-bond acceptors (Lipinski definition) is 3. The minimum Gasteiger partial charge on any atom is -0.435 e. The Labute approximate surface area is 62.1 Å². The summed E-state index contributed by atoms with van der Waals surface area (Å²) < 4.78 is 4.32. The van der Waals surface area contributed by atoms with E-state index < -0.39 is 0 Å². The Bertz CT molecular complexity index is 91.6. The first-order valence-corrected chi connectivity index (χ1v) is 3.11. The fourth-order valence-electron chi connectivity index (χ4n) is 0.176. The summed E-state index contributed by atoms with van der Waals surface area (Å²) in [5.74, 6) is -0.241. The van der Waals surface area contributed by atoms with Crippen LogP contribution in [0.2, 0.25) is 0 Å². The van der Waals surface area contributed by atoms with Gasteiger partial charge in [0.2, 0.25) is 0 Å². The van der Waals surface area contributed by atoms with Gasteiger partial charge in [0.05, 0.1) is 6.26 Å². The van der Waals surface area contributed by atoms with Crippen LogP contribution in [0.3, 0.4) is 0 Å². The van der Waals surface area contributed by atoms with Crippen LogP contribution in [0.4, 0.5) is 0 Å². The minimum atomic E-state index is -0.241. The number of ether oxygens (including phenoxy) is 1. The molecule has 10 heavy (non-hydrogen) atoms. The maximum absolute atomic E-state index is 10.1. The summed E-state index contributed by atoms with van der Waals surface area (Å²) in [6, 6.07) is 0. The van der Waals surface area contributed by atoms with Crippen LogP contribution in [-0.4, -0.2) is 20.1 Å². The predicted octanol–water partition coefficient (Wildman–Crippen LogP) is 0.919. The van der Waals surface area contributed by atoms with Gasteiger partial charge >= 0.3 is 5.97 Å². The van der Waals surface area contributed by atoms with Crippen LogP contribution in [-0.2, 0) is 9.53 Å². The average Bonchev–Trinajstić information content (AvgIpc) is 1.90. The van der Waals surface area contributed by atoms with Gasteiger partial charge in [-0.05, 0) is 14.1 Å². The molecule has 0 aromatic carbocycles. The zero-order valence-corrected chi connectivity index (χ0v) is 6.81. The van der Waals surface area contributed by atoms with Gasteiger partial charge in [0.25, 0.3) is 0 Å². The van der Waals surface area contributed by atoms with E-state index in [4.69, 9.17) is 0 Å². The Morgan fingerprint density at radius 2 is 2.10 bits per heavy atom. The SMILES string of the molecule is C=COC(=O)CC.CNC. The molecular weight excluding hydrogens is 130 g/mol. The van der Waals surface area contributed by atoms with Gasteiger partial charge in [-0.25, -0.2) is 0 Å². The Morgan fingerprint density at radius 1 is 1.70 bits per heavy atom. The molecule has 0 spiro atoms. The van der Waals surface area contributed by atoms with Crippen LogP contribution in [0.1, 0.15) is 13.3 Å². The van der Waals surface area contributed by atoms with E-state index in [1.807, 2.05) is 14.1 Å². The molecule has 0 aliphatic carbocycles. The largest absolute Gasteiger partial charge is 0.435 e. The number of rotatable bonds is 2. The fourth-order valence-corrected chi connectivity index (χ4v) is 0.176. The standard InChI is InChI=1S/C5H8O2.C2H7N/c1-3-5(6)7-4-2;1-3-2/h4H,2-3H2,1H3;3H,1-2H3. The van der Waals surface area contributed by atoms with E-state index in [2.05, 4.69) is 16.6 Å². The van der Waals surface area contributed by atoms with Crippen molar-refractivity contribution in [1.29, 1.82) is 0 Å². The molecule has 0 aliphatic heterocycles. The van der Waals surface area contributed by atoms with Crippen molar-refractivity contribution in [2.45, 2.75) is 13.3 Å². The van der Waals surface area contributed by atoms with E-state index in [1.165, 1.54) is 0 Å². The van der Waals surface area contributed by atoms with Gasteiger partial charge in [0.1, 0.15) is 0 Å². The summed E-state index contributed by atoms with van der Waals surface area (Å²) >= 11 is 0. The molecule has 0 radical (unpaired) electrons. The van der Waals surface area contributed by atoms with Crippen LogP contribution in [0, 0.1) is 0 Å². The quantitative estimate of drug-likeness (QED) is 0.464. The van der Waals surface area contributed by atoms with E-state index in [0.29, 0.717) is 6.42 Å². The Morgan fingerprint density at radius 3 is 2.20 bits per heavy atom. The highest BCUT2D eigenvalue weighted by Crippen LogP contribution is 1.81. The zero-order valence-electron chi connectivity index (χ0n) is 6.81. The number of carbonyl (C=O) groups excluding carboxylic acids is 1. The summed E-state index contributed by atoms with van der Waals surface area (Å²) in [7, 11) is 3.75. The molecule has 0 saturated heterocycles. The second-order valence-electron chi connectivity index (χ2n) is 1.51. The van der Waals surface area contributed by atoms with E-state index in [0.717, 1.165) is 6.26 Å². The van der Waals surface area contributed by atoms with E-state index in [9.17, 15) is 4.79 Å². The second kappa shape index (κ2) is 11.0. The third-order valence-corrected chi connectivity index (χ3v) is 0.503. The molecule has 0 heterocycles. The number of esters is 1. The summed E-state index contributed by atoms with van der Waals surface area (Å²) in [5, 5.41) is 2.75. The first kappa shape index (κ1) is 11.9. The number of carbonyl (C=O) groups is 1. The van der Waals surface area contributed by atoms with Gasteiger partial charge in [-0.3, -0.25) is 4.79 Å². The van der Waals surface area contributed by atoms with Gasteiger partial charge in [-0.2, -0.15) is 0 Å². The van der Waals surface area contributed by atoms with Crippen molar-refractivity contribution in [1.82, 2.24) is 5.32 Å². The van der Waals surface area contributed by atoms with Crippen LogP contribution >= 0.6 is 0 Å². The lowest BCUT2D eigenvalue weighted by molar-refractivity contribution is -0.137. The van der Waals surface area contributed by atoms with E-state index >= 15 is 0 Å². The van der Waals surface area contributed by atoms with Crippen molar-refractivity contribution in [2.24, 2.45) is 0 Å². The maximum Gasteiger partial charge on any atom is 0.310 e. The molecule has 0 fully saturated rings.